The van der Waals surface area contributed by atoms with Crippen LogP contribution in [0.5, 0.6) is 0 Å². The van der Waals surface area contributed by atoms with Crippen LogP contribution in [0.3, 0.4) is 0 Å². The minimum absolute atomic E-state index is 0.282. The van der Waals surface area contributed by atoms with Crippen molar-refractivity contribution in [3.05, 3.63) is 65.2 Å². The molecule has 1 saturated heterocycles. The van der Waals surface area contributed by atoms with Gasteiger partial charge in [-0.25, -0.2) is 0 Å². The quantitative estimate of drug-likeness (QED) is 0.680. The number of rotatable bonds is 8. The molecule has 2 aromatic rings. The van der Waals surface area contributed by atoms with Gasteiger partial charge in [0.2, 0.25) is 0 Å². The van der Waals surface area contributed by atoms with E-state index in [1.54, 1.807) is 0 Å². The van der Waals surface area contributed by atoms with Gasteiger partial charge in [0.1, 0.15) is 0 Å². The average Bonchev–Trinajstić information content (AvgIpc) is 2.74. The van der Waals surface area contributed by atoms with Gasteiger partial charge in [0, 0.05) is 25.2 Å². The van der Waals surface area contributed by atoms with Crippen molar-refractivity contribution >= 4 is 11.5 Å². The number of carbonyl (C=O) groups excluding carboxylic acids is 1. The van der Waals surface area contributed by atoms with Crippen LogP contribution < -0.4 is 4.90 Å². The van der Waals surface area contributed by atoms with Crippen LogP contribution in [0, 0.1) is 6.92 Å². The summed E-state index contributed by atoms with van der Waals surface area (Å²) in [6.07, 6.45) is 1.99. The van der Waals surface area contributed by atoms with Crippen LogP contribution in [0.2, 0.25) is 0 Å². The molecule has 2 aromatic carbocycles. The highest BCUT2D eigenvalue weighted by atomic mass is 16.5. The molecule has 29 heavy (non-hydrogen) atoms. The Balaban J connectivity index is 1.74. The summed E-state index contributed by atoms with van der Waals surface area (Å²) in [5.74, 6) is 0.282. The van der Waals surface area contributed by atoms with Crippen LogP contribution >= 0.6 is 0 Å². The largest absolute Gasteiger partial charge is 0.378 e. The second-order valence-corrected chi connectivity index (χ2v) is 8.31. The van der Waals surface area contributed by atoms with Crippen LogP contribution in [0.1, 0.15) is 30.0 Å². The maximum absolute atomic E-state index is 13.5. The van der Waals surface area contributed by atoms with E-state index < -0.39 is 5.54 Å². The summed E-state index contributed by atoms with van der Waals surface area (Å²) in [4.78, 5) is 17.9. The van der Waals surface area contributed by atoms with Crippen LogP contribution in [0.15, 0.2) is 48.5 Å². The van der Waals surface area contributed by atoms with Gasteiger partial charge in [-0.05, 0) is 57.1 Å². The molecule has 1 heterocycles. The smallest absolute Gasteiger partial charge is 0.157 e. The summed E-state index contributed by atoms with van der Waals surface area (Å²) in [7, 11) is 4.05. The molecule has 1 aliphatic rings. The zero-order valence-electron chi connectivity index (χ0n) is 18.3. The summed E-state index contributed by atoms with van der Waals surface area (Å²) >= 11 is 0. The molecule has 0 aliphatic carbocycles. The van der Waals surface area contributed by atoms with E-state index in [4.69, 9.17) is 4.74 Å². The van der Waals surface area contributed by atoms with E-state index in [9.17, 15) is 4.79 Å². The summed E-state index contributed by atoms with van der Waals surface area (Å²) in [5.41, 5.74) is 4.25. The number of hydrogen-bond acceptors (Lipinski definition) is 4. The third-order valence-electron chi connectivity index (χ3n) is 6.25. The van der Waals surface area contributed by atoms with Crippen molar-refractivity contribution < 1.29 is 9.53 Å². The number of ether oxygens (including phenoxy) is 1. The van der Waals surface area contributed by atoms with E-state index in [1.807, 2.05) is 14.1 Å². The number of Topliss-reactive ketones (excluding diaryl/α,β-unsaturated/α-hetero) is 1. The summed E-state index contributed by atoms with van der Waals surface area (Å²) in [6, 6.07) is 17.0. The number of anilines is 1. The third kappa shape index (κ3) is 5.06. The molecule has 0 spiro atoms. The van der Waals surface area contributed by atoms with Crippen molar-refractivity contribution in [3.63, 3.8) is 0 Å². The average molecular weight is 395 g/mol. The van der Waals surface area contributed by atoms with Crippen molar-refractivity contribution in [1.82, 2.24) is 4.90 Å². The second kappa shape index (κ2) is 9.55. The van der Waals surface area contributed by atoms with Crippen molar-refractivity contribution in [2.75, 3.05) is 45.3 Å². The molecular weight excluding hydrogens is 360 g/mol. The van der Waals surface area contributed by atoms with Crippen molar-refractivity contribution in [2.24, 2.45) is 0 Å². The predicted octanol–water partition coefficient (Wildman–Crippen LogP) is 3.90. The molecule has 0 aromatic heterocycles. The first kappa shape index (κ1) is 21.5. The zero-order chi connectivity index (χ0) is 20.9. The Morgan fingerprint density at radius 3 is 2.14 bits per heavy atom. The molecule has 4 heteroatoms. The van der Waals surface area contributed by atoms with E-state index in [1.165, 1.54) is 16.8 Å². The Morgan fingerprint density at radius 2 is 1.59 bits per heavy atom. The van der Waals surface area contributed by atoms with Crippen molar-refractivity contribution in [2.45, 2.75) is 38.6 Å². The molecule has 0 N–H and O–H groups in total. The molecule has 0 amide bonds. The monoisotopic (exact) mass is 394 g/mol. The fourth-order valence-corrected chi connectivity index (χ4v) is 4.18. The highest BCUT2D eigenvalue weighted by Gasteiger charge is 2.38. The number of likely N-dealkylation sites (N-methyl/N-ethyl adjacent to an activating group) is 1. The molecule has 1 fully saturated rings. The molecule has 0 bridgehead atoms. The Morgan fingerprint density at radius 1 is 1.00 bits per heavy atom. The van der Waals surface area contributed by atoms with E-state index in [-0.39, 0.29) is 5.78 Å². The number of carbonyl (C=O) groups is 1. The van der Waals surface area contributed by atoms with Crippen LogP contribution in [0.25, 0.3) is 0 Å². The number of hydrogen-bond donors (Lipinski definition) is 0. The fourth-order valence-electron chi connectivity index (χ4n) is 4.18. The second-order valence-electron chi connectivity index (χ2n) is 8.31. The zero-order valence-corrected chi connectivity index (χ0v) is 18.3. The highest BCUT2D eigenvalue weighted by molar-refractivity contribution is 5.90. The van der Waals surface area contributed by atoms with E-state index in [0.717, 1.165) is 44.7 Å². The topological polar surface area (TPSA) is 32.8 Å². The first-order chi connectivity index (χ1) is 13.9. The molecule has 3 rings (SSSR count). The normalized spacial score (nSPS) is 16.7. The number of nitrogens with zero attached hydrogens (tertiary/aromatic N) is 2. The van der Waals surface area contributed by atoms with Gasteiger partial charge in [-0.15, -0.1) is 0 Å². The van der Waals surface area contributed by atoms with E-state index >= 15 is 0 Å². The lowest BCUT2D eigenvalue weighted by Crippen LogP contribution is -2.53. The van der Waals surface area contributed by atoms with Crippen LogP contribution in [-0.2, 0) is 22.4 Å². The standard InChI is InChI=1S/C25H34N2O2/c1-5-25(26(3)4,19-22-8-6-20(2)7-9-22)24(28)18-21-10-12-23(13-11-21)27-14-16-29-17-15-27/h6-13H,5,14-19H2,1-4H3. The van der Waals surface area contributed by atoms with Gasteiger partial charge in [-0.1, -0.05) is 48.9 Å². The van der Waals surface area contributed by atoms with E-state index in [2.05, 4.69) is 72.2 Å². The minimum atomic E-state index is -0.488. The van der Waals surface area contributed by atoms with Crippen molar-refractivity contribution in [3.8, 4) is 0 Å². The molecule has 0 radical (unpaired) electrons. The SMILES string of the molecule is CCC(Cc1ccc(C)cc1)(C(=O)Cc1ccc(N2CCOCC2)cc1)N(C)C. The Hall–Kier alpha value is -2.17. The Kier molecular flexibility index (Phi) is 7.09. The van der Waals surface area contributed by atoms with E-state index in [0.29, 0.717) is 6.42 Å². The van der Waals surface area contributed by atoms with Crippen molar-refractivity contribution in [1.29, 1.82) is 0 Å². The molecule has 1 atom stereocenters. The first-order valence-electron chi connectivity index (χ1n) is 10.6. The van der Waals surface area contributed by atoms with Gasteiger partial charge < -0.3 is 9.64 Å². The van der Waals surface area contributed by atoms with Crippen LogP contribution in [0.4, 0.5) is 5.69 Å². The Bertz CT molecular complexity index is 793. The molecule has 1 aliphatic heterocycles. The maximum Gasteiger partial charge on any atom is 0.157 e. The summed E-state index contributed by atoms with van der Waals surface area (Å²) in [5, 5.41) is 0. The predicted molar refractivity (Wildman–Crippen MR) is 120 cm³/mol. The lowest BCUT2D eigenvalue weighted by atomic mass is 9.80. The van der Waals surface area contributed by atoms with Gasteiger partial charge in [0.25, 0.3) is 0 Å². The van der Waals surface area contributed by atoms with Gasteiger partial charge in [-0.3, -0.25) is 9.69 Å². The summed E-state index contributed by atoms with van der Waals surface area (Å²) in [6.45, 7) is 7.62. The van der Waals surface area contributed by atoms with Gasteiger partial charge in [0.15, 0.2) is 5.78 Å². The third-order valence-corrected chi connectivity index (χ3v) is 6.25. The Labute approximate surface area is 175 Å². The van der Waals surface area contributed by atoms with Crippen LogP contribution in [-0.4, -0.2) is 56.6 Å². The highest BCUT2D eigenvalue weighted by Crippen LogP contribution is 2.27. The number of benzene rings is 2. The fraction of sp³-hybridized carbons (Fsp3) is 0.480. The lowest BCUT2D eigenvalue weighted by molar-refractivity contribution is -0.129. The minimum Gasteiger partial charge on any atom is -0.378 e. The number of aryl methyl sites for hydroxylation is 1. The van der Waals surface area contributed by atoms with Gasteiger partial charge in [0.05, 0.1) is 18.8 Å². The molecular formula is C25H34N2O2. The number of ketones is 1. The number of morpholine rings is 1. The molecule has 1 unspecified atom stereocenters. The van der Waals surface area contributed by atoms with Gasteiger partial charge >= 0.3 is 0 Å². The van der Waals surface area contributed by atoms with Gasteiger partial charge in [-0.2, -0.15) is 0 Å². The summed E-state index contributed by atoms with van der Waals surface area (Å²) < 4.78 is 5.43. The first-order valence-corrected chi connectivity index (χ1v) is 10.6. The molecule has 156 valence electrons. The molecule has 4 nitrogen and oxygen atoms in total. The molecule has 0 saturated carbocycles. The lowest BCUT2D eigenvalue weighted by Gasteiger charge is -2.38. The maximum atomic E-state index is 13.5.